The Balaban J connectivity index is 1.41. The Morgan fingerprint density at radius 1 is 0.950 bits per heavy atom. The lowest BCUT2D eigenvalue weighted by Crippen LogP contribution is -2.46. The highest BCUT2D eigenvalue weighted by atomic mass is 19.1. The number of hydrogen-bond acceptors (Lipinski definition) is 7. The zero-order valence-corrected chi connectivity index (χ0v) is 21.4. The third-order valence-electron chi connectivity index (χ3n) is 6.98. The van der Waals surface area contributed by atoms with Crippen molar-refractivity contribution in [1.82, 2.24) is 19.3 Å². The molecule has 0 atom stereocenters. The molecule has 40 heavy (non-hydrogen) atoms. The highest BCUT2D eigenvalue weighted by Gasteiger charge is 2.23. The van der Waals surface area contributed by atoms with Crippen molar-refractivity contribution in [3.63, 3.8) is 0 Å². The van der Waals surface area contributed by atoms with Crippen LogP contribution >= 0.6 is 0 Å². The van der Waals surface area contributed by atoms with Gasteiger partial charge in [-0.3, -0.25) is 4.79 Å². The van der Waals surface area contributed by atoms with Crippen LogP contribution in [0.2, 0.25) is 0 Å². The number of halogens is 1. The molecule has 2 aromatic heterocycles. The number of pyridine rings is 1. The molecule has 3 heterocycles. The van der Waals surface area contributed by atoms with Crippen molar-refractivity contribution < 1.29 is 19.0 Å². The van der Waals surface area contributed by atoms with Crippen molar-refractivity contribution in [2.45, 2.75) is 6.54 Å². The number of rotatable bonds is 6. The van der Waals surface area contributed by atoms with Crippen LogP contribution in [0.5, 0.6) is 5.75 Å². The summed E-state index contributed by atoms with van der Waals surface area (Å²) in [7, 11) is 0. The number of para-hydroxylation sites is 1. The lowest BCUT2D eigenvalue weighted by atomic mass is 10.1. The maximum absolute atomic E-state index is 15.5. The number of carbonyl (C=O) groups is 1. The van der Waals surface area contributed by atoms with Crippen LogP contribution in [0.1, 0.15) is 5.56 Å². The Hall–Kier alpha value is -5.19. The summed E-state index contributed by atoms with van der Waals surface area (Å²) in [6, 6.07) is 20.4. The van der Waals surface area contributed by atoms with Crippen molar-refractivity contribution in [2.24, 2.45) is 0 Å². The molecule has 10 nitrogen and oxygen atoms in total. The van der Waals surface area contributed by atoms with E-state index in [1.54, 1.807) is 21.6 Å². The van der Waals surface area contributed by atoms with Crippen molar-refractivity contribution in [3.05, 3.63) is 107 Å². The summed E-state index contributed by atoms with van der Waals surface area (Å²) in [5.41, 5.74) is 2.76. The standard InChI is InChI=1S/C29H25FN6O4/c30-24-14-23-25(15-26(24)34-11-9-33(10-12-34)21-6-2-1-3-7-21)36(17-27(28(23)37)40-29(38)39)22-8-4-5-20(13-22)16-35-19-31-18-32-35/h1-8,13-15,17-19H,9-12,16H2,(H,38,39). The van der Waals surface area contributed by atoms with Gasteiger partial charge in [0.15, 0.2) is 5.75 Å². The van der Waals surface area contributed by atoms with E-state index in [4.69, 9.17) is 4.74 Å². The molecule has 0 unspecified atom stereocenters. The average molecular weight is 541 g/mol. The molecule has 0 spiro atoms. The van der Waals surface area contributed by atoms with E-state index >= 15 is 4.39 Å². The average Bonchev–Trinajstić information content (AvgIpc) is 3.48. The normalized spacial score (nSPS) is 13.5. The number of nitrogens with zero attached hydrogens (tertiary/aromatic N) is 6. The van der Waals surface area contributed by atoms with Gasteiger partial charge in [0.1, 0.15) is 18.5 Å². The van der Waals surface area contributed by atoms with Gasteiger partial charge in [-0.25, -0.2) is 18.9 Å². The largest absolute Gasteiger partial charge is 0.511 e. The van der Waals surface area contributed by atoms with Crippen molar-refractivity contribution in [1.29, 1.82) is 0 Å². The lowest BCUT2D eigenvalue weighted by Gasteiger charge is -2.37. The number of carboxylic acid groups (broad SMARTS) is 1. The molecule has 0 aliphatic carbocycles. The topological polar surface area (TPSA) is 106 Å². The summed E-state index contributed by atoms with van der Waals surface area (Å²) in [6.45, 7) is 3.06. The molecule has 1 N–H and O–H groups in total. The summed E-state index contributed by atoms with van der Waals surface area (Å²) in [6.07, 6.45) is 2.76. The fraction of sp³-hybridized carbons (Fsp3) is 0.172. The number of ether oxygens (including phenoxy) is 1. The Kier molecular flexibility index (Phi) is 6.61. The van der Waals surface area contributed by atoms with Gasteiger partial charge in [-0.1, -0.05) is 30.3 Å². The van der Waals surface area contributed by atoms with Gasteiger partial charge >= 0.3 is 6.16 Å². The predicted octanol–water partition coefficient (Wildman–Crippen LogP) is 4.15. The molecule has 202 valence electrons. The summed E-state index contributed by atoms with van der Waals surface area (Å²) < 4.78 is 23.7. The van der Waals surface area contributed by atoms with E-state index in [2.05, 4.69) is 27.1 Å². The summed E-state index contributed by atoms with van der Waals surface area (Å²) >= 11 is 0. The van der Waals surface area contributed by atoms with Gasteiger partial charge in [0.05, 0.1) is 29.3 Å². The number of benzene rings is 3. The highest BCUT2D eigenvalue weighted by Crippen LogP contribution is 2.30. The number of hydrogen-bond donors (Lipinski definition) is 1. The van der Waals surface area contributed by atoms with Crippen LogP contribution in [0.4, 0.5) is 20.6 Å². The van der Waals surface area contributed by atoms with E-state index in [0.717, 1.165) is 11.3 Å². The van der Waals surface area contributed by atoms with E-state index in [0.29, 0.717) is 49.6 Å². The second-order valence-electron chi connectivity index (χ2n) is 9.45. The van der Waals surface area contributed by atoms with E-state index in [1.165, 1.54) is 18.6 Å². The first-order chi connectivity index (χ1) is 19.5. The van der Waals surface area contributed by atoms with Gasteiger partial charge in [-0.15, -0.1) is 0 Å². The molecule has 0 amide bonds. The first-order valence-electron chi connectivity index (χ1n) is 12.7. The van der Waals surface area contributed by atoms with E-state index < -0.39 is 23.2 Å². The van der Waals surface area contributed by atoms with Gasteiger partial charge < -0.3 is 24.2 Å². The van der Waals surface area contributed by atoms with Crippen LogP contribution in [0.25, 0.3) is 16.6 Å². The Labute approximate surface area is 228 Å². The molecule has 1 aliphatic heterocycles. The fourth-order valence-electron chi connectivity index (χ4n) is 5.08. The number of aromatic nitrogens is 4. The Morgan fingerprint density at radius 3 is 2.42 bits per heavy atom. The zero-order chi connectivity index (χ0) is 27.6. The number of piperazine rings is 1. The fourth-order valence-corrected chi connectivity index (χ4v) is 5.08. The minimum atomic E-state index is -1.63. The molecular formula is C29H25FN6O4. The molecule has 1 saturated heterocycles. The minimum absolute atomic E-state index is 0.0181. The maximum atomic E-state index is 15.5. The molecule has 11 heteroatoms. The second kappa shape index (κ2) is 10.5. The third kappa shape index (κ3) is 4.96. The Morgan fingerprint density at radius 2 is 1.70 bits per heavy atom. The van der Waals surface area contributed by atoms with Gasteiger partial charge in [-0.2, -0.15) is 5.10 Å². The quantitative estimate of drug-likeness (QED) is 0.320. The first-order valence-corrected chi connectivity index (χ1v) is 12.7. The van der Waals surface area contributed by atoms with Crippen molar-refractivity contribution >= 4 is 28.4 Å². The maximum Gasteiger partial charge on any atom is 0.511 e. The molecule has 6 rings (SSSR count). The van der Waals surface area contributed by atoms with Crippen LogP contribution in [-0.4, -0.2) is 56.8 Å². The number of fused-ring (bicyclic) bond motifs is 1. The summed E-state index contributed by atoms with van der Waals surface area (Å²) in [4.78, 5) is 32.7. The van der Waals surface area contributed by atoms with Crippen LogP contribution < -0.4 is 20.0 Å². The lowest BCUT2D eigenvalue weighted by molar-refractivity contribution is 0.144. The van der Waals surface area contributed by atoms with Crippen LogP contribution in [-0.2, 0) is 6.54 Å². The zero-order valence-electron chi connectivity index (χ0n) is 21.4. The van der Waals surface area contributed by atoms with Crippen molar-refractivity contribution in [2.75, 3.05) is 36.0 Å². The molecule has 0 radical (unpaired) electrons. The van der Waals surface area contributed by atoms with Crippen LogP contribution in [0, 0.1) is 5.82 Å². The summed E-state index contributed by atoms with van der Waals surface area (Å²) in [5.74, 6) is -0.970. The van der Waals surface area contributed by atoms with Crippen molar-refractivity contribution in [3.8, 4) is 11.4 Å². The second-order valence-corrected chi connectivity index (χ2v) is 9.45. The van der Waals surface area contributed by atoms with Gasteiger partial charge in [0.2, 0.25) is 5.43 Å². The van der Waals surface area contributed by atoms with Gasteiger partial charge in [0.25, 0.3) is 0 Å². The molecule has 1 aliphatic rings. The monoisotopic (exact) mass is 540 g/mol. The van der Waals surface area contributed by atoms with Crippen LogP contribution in [0.15, 0.2) is 90.4 Å². The van der Waals surface area contributed by atoms with E-state index in [1.807, 2.05) is 47.4 Å². The summed E-state index contributed by atoms with van der Waals surface area (Å²) in [5, 5.41) is 13.4. The minimum Gasteiger partial charge on any atom is -0.449 e. The molecular weight excluding hydrogens is 515 g/mol. The molecule has 0 saturated carbocycles. The predicted molar refractivity (Wildman–Crippen MR) is 148 cm³/mol. The van der Waals surface area contributed by atoms with E-state index in [-0.39, 0.29) is 5.39 Å². The van der Waals surface area contributed by atoms with Gasteiger partial charge in [0, 0.05) is 37.6 Å². The molecule has 3 aromatic carbocycles. The number of anilines is 2. The van der Waals surface area contributed by atoms with Gasteiger partial charge in [-0.05, 0) is 42.0 Å². The van der Waals surface area contributed by atoms with E-state index in [9.17, 15) is 14.7 Å². The SMILES string of the molecule is O=C(O)Oc1cn(-c2cccc(Cn3cncn3)c2)c2cc(N3CCN(c4ccccc4)CC3)c(F)cc2c1=O. The molecule has 1 fully saturated rings. The highest BCUT2D eigenvalue weighted by molar-refractivity contribution is 5.86. The van der Waals surface area contributed by atoms with Crippen LogP contribution in [0.3, 0.4) is 0 Å². The third-order valence-corrected chi connectivity index (χ3v) is 6.98. The Bertz CT molecular complexity index is 1730. The molecule has 5 aromatic rings. The molecule has 0 bridgehead atoms. The smallest absolute Gasteiger partial charge is 0.449 e. The first kappa shape index (κ1) is 25.1.